The van der Waals surface area contributed by atoms with Crippen molar-refractivity contribution in [1.82, 2.24) is 0 Å². The van der Waals surface area contributed by atoms with Crippen LogP contribution >= 0.6 is 0 Å². The molecule has 0 unspecified atom stereocenters. The van der Waals surface area contributed by atoms with Crippen LogP contribution in [0.3, 0.4) is 0 Å². The molecule has 0 spiro atoms. The van der Waals surface area contributed by atoms with Crippen LogP contribution in [0.1, 0.15) is 52.9 Å². The minimum absolute atomic E-state index is 0.00139. The molecule has 13 heavy (non-hydrogen) atoms. The monoisotopic (exact) mass is 184 g/mol. The molecule has 1 rings (SSSR count). The normalized spacial score (nSPS) is 25.2. The molecule has 2 nitrogen and oxygen atoms in total. The van der Waals surface area contributed by atoms with Crippen molar-refractivity contribution in [1.29, 1.82) is 0 Å². The lowest BCUT2D eigenvalue weighted by atomic mass is 9.81. The van der Waals surface area contributed by atoms with Gasteiger partial charge < -0.3 is 4.74 Å². The Kier molecular flexibility index (Phi) is 3.34. The van der Waals surface area contributed by atoms with E-state index in [0.29, 0.717) is 0 Å². The van der Waals surface area contributed by atoms with E-state index >= 15 is 0 Å². The number of hydrogen-bond donors (Lipinski definition) is 0. The molecule has 1 aliphatic heterocycles. The van der Waals surface area contributed by atoms with Crippen molar-refractivity contribution < 1.29 is 9.53 Å². The van der Waals surface area contributed by atoms with Gasteiger partial charge in [0.1, 0.15) is 5.60 Å². The number of unbranched alkanes of at least 4 members (excludes halogenated alkanes) is 3. The first-order chi connectivity index (χ1) is 6.08. The van der Waals surface area contributed by atoms with E-state index in [9.17, 15) is 4.79 Å². The second-order valence-corrected chi connectivity index (χ2v) is 4.43. The molecule has 1 atom stereocenters. The first-order valence-electron chi connectivity index (χ1n) is 5.31. The molecule has 1 heterocycles. The average Bonchev–Trinajstić information content (AvgIpc) is 2.03. The molecule has 76 valence electrons. The van der Waals surface area contributed by atoms with E-state index in [0.717, 1.165) is 12.8 Å². The van der Waals surface area contributed by atoms with Gasteiger partial charge in [-0.15, -0.1) is 0 Å². The Bertz CT molecular complexity index is 185. The van der Waals surface area contributed by atoms with Gasteiger partial charge in [0, 0.05) is 0 Å². The zero-order valence-corrected chi connectivity index (χ0v) is 8.93. The van der Waals surface area contributed by atoms with Gasteiger partial charge in [0.05, 0.1) is 5.92 Å². The Morgan fingerprint density at radius 2 is 2.00 bits per heavy atom. The van der Waals surface area contributed by atoms with E-state index < -0.39 is 0 Å². The highest BCUT2D eigenvalue weighted by Gasteiger charge is 2.48. The van der Waals surface area contributed by atoms with E-state index in [1.807, 2.05) is 13.8 Å². The zero-order valence-electron chi connectivity index (χ0n) is 8.93. The molecule has 0 aromatic carbocycles. The van der Waals surface area contributed by atoms with E-state index in [4.69, 9.17) is 4.74 Å². The number of esters is 1. The summed E-state index contributed by atoms with van der Waals surface area (Å²) in [6.45, 7) is 6.19. The maximum Gasteiger partial charge on any atom is 0.313 e. The smallest absolute Gasteiger partial charge is 0.313 e. The number of carbonyl (C=O) groups excluding carboxylic acids is 1. The highest BCUT2D eigenvalue weighted by atomic mass is 16.6. The van der Waals surface area contributed by atoms with E-state index in [-0.39, 0.29) is 17.5 Å². The van der Waals surface area contributed by atoms with Gasteiger partial charge in [-0.3, -0.25) is 4.79 Å². The second-order valence-electron chi connectivity index (χ2n) is 4.43. The van der Waals surface area contributed by atoms with E-state index in [2.05, 4.69) is 6.92 Å². The Morgan fingerprint density at radius 1 is 1.31 bits per heavy atom. The summed E-state index contributed by atoms with van der Waals surface area (Å²) in [5.41, 5.74) is -0.191. The fraction of sp³-hybridized carbons (Fsp3) is 0.909. The lowest BCUT2D eigenvalue weighted by Crippen LogP contribution is -2.53. The summed E-state index contributed by atoms with van der Waals surface area (Å²) in [5.74, 6) is 0.158. The average molecular weight is 184 g/mol. The van der Waals surface area contributed by atoms with Crippen molar-refractivity contribution in [3.05, 3.63) is 0 Å². The number of rotatable bonds is 5. The Hall–Kier alpha value is -0.530. The molecule has 0 aromatic heterocycles. The predicted octanol–water partition coefficient (Wildman–Crippen LogP) is 2.91. The Balaban J connectivity index is 2.17. The van der Waals surface area contributed by atoms with E-state index in [1.54, 1.807) is 0 Å². The highest BCUT2D eigenvalue weighted by molar-refractivity contribution is 5.79. The van der Waals surface area contributed by atoms with Crippen molar-refractivity contribution in [2.24, 2.45) is 5.92 Å². The molecular weight excluding hydrogens is 164 g/mol. The molecule has 2 heteroatoms. The molecule has 1 saturated heterocycles. The topological polar surface area (TPSA) is 26.3 Å². The predicted molar refractivity (Wildman–Crippen MR) is 52.4 cm³/mol. The maximum atomic E-state index is 11.1. The van der Waals surface area contributed by atoms with Crippen LogP contribution in [0, 0.1) is 5.92 Å². The highest BCUT2D eigenvalue weighted by Crippen LogP contribution is 2.37. The fourth-order valence-electron chi connectivity index (χ4n) is 1.87. The molecule has 0 amide bonds. The fourth-order valence-corrected chi connectivity index (χ4v) is 1.87. The maximum absolute atomic E-state index is 11.1. The minimum atomic E-state index is -0.191. The summed E-state index contributed by atoms with van der Waals surface area (Å²) >= 11 is 0. The van der Waals surface area contributed by atoms with Crippen LogP contribution in [0.2, 0.25) is 0 Å². The molecule has 0 aliphatic carbocycles. The van der Waals surface area contributed by atoms with Crippen LogP contribution in [0.25, 0.3) is 0 Å². The SMILES string of the molecule is CCCCCC[C@H]1C(=O)OC1(C)C. The van der Waals surface area contributed by atoms with Crippen molar-refractivity contribution in [2.75, 3.05) is 0 Å². The zero-order chi connectivity index (χ0) is 9.90. The van der Waals surface area contributed by atoms with E-state index in [1.165, 1.54) is 19.3 Å². The Morgan fingerprint density at radius 3 is 2.46 bits per heavy atom. The van der Waals surface area contributed by atoms with Crippen molar-refractivity contribution in [2.45, 2.75) is 58.5 Å². The quantitative estimate of drug-likeness (QED) is 0.485. The molecule has 0 N–H and O–H groups in total. The number of carbonyl (C=O) groups is 1. The van der Waals surface area contributed by atoms with Gasteiger partial charge in [0.15, 0.2) is 0 Å². The lowest BCUT2D eigenvalue weighted by molar-refractivity contribution is -0.205. The number of hydrogen-bond acceptors (Lipinski definition) is 2. The lowest BCUT2D eigenvalue weighted by Gasteiger charge is -2.42. The summed E-state index contributed by atoms with van der Waals surface area (Å²) in [4.78, 5) is 11.1. The number of ether oxygens (including phenoxy) is 1. The third-order valence-electron chi connectivity index (χ3n) is 2.83. The standard InChI is InChI=1S/C11H20O2/c1-4-5-6-7-8-9-10(12)13-11(9,2)3/h9H,4-8H2,1-3H3/t9-/m0/s1. The summed E-state index contributed by atoms with van der Waals surface area (Å²) in [7, 11) is 0. The Labute approximate surface area is 80.7 Å². The van der Waals surface area contributed by atoms with Crippen molar-refractivity contribution in [3.8, 4) is 0 Å². The van der Waals surface area contributed by atoms with Gasteiger partial charge in [-0.2, -0.15) is 0 Å². The first kappa shape index (κ1) is 10.6. The van der Waals surface area contributed by atoms with Crippen LogP contribution in [0.15, 0.2) is 0 Å². The van der Waals surface area contributed by atoms with Gasteiger partial charge in [0.25, 0.3) is 0 Å². The number of cyclic esters (lactones) is 1. The molecule has 1 fully saturated rings. The van der Waals surface area contributed by atoms with Gasteiger partial charge in [0.2, 0.25) is 0 Å². The van der Waals surface area contributed by atoms with Crippen molar-refractivity contribution >= 4 is 5.97 Å². The molecule has 0 bridgehead atoms. The molecule has 0 radical (unpaired) electrons. The molecule has 0 aromatic rings. The largest absolute Gasteiger partial charge is 0.458 e. The molecule has 0 saturated carbocycles. The second kappa shape index (κ2) is 4.12. The molecule has 1 aliphatic rings. The third kappa shape index (κ3) is 2.45. The molecular formula is C11H20O2. The van der Waals surface area contributed by atoms with Crippen LogP contribution in [0.4, 0.5) is 0 Å². The van der Waals surface area contributed by atoms with Crippen molar-refractivity contribution in [3.63, 3.8) is 0 Å². The summed E-state index contributed by atoms with van der Waals surface area (Å²) < 4.78 is 5.06. The van der Waals surface area contributed by atoms with Crippen LogP contribution in [-0.2, 0) is 9.53 Å². The van der Waals surface area contributed by atoms with Crippen LogP contribution < -0.4 is 0 Å². The third-order valence-corrected chi connectivity index (χ3v) is 2.83. The van der Waals surface area contributed by atoms with Gasteiger partial charge >= 0.3 is 5.97 Å². The summed E-state index contributed by atoms with van der Waals surface area (Å²) in [5, 5.41) is 0. The minimum Gasteiger partial charge on any atom is -0.458 e. The summed E-state index contributed by atoms with van der Waals surface area (Å²) in [6, 6.07) is 0. The summed E-state index contributed by atoms with van der Waals surface area (Å²) in [6.07, 6.45) is 5.94. The van der Waals surface area contributed by atoms with Crippen LogP contribution in [-0.4, -0.2) is 11.6 Å². The van der Waals surface area contributed by atoms with Crippen LogP contribution in [0.5, 0.6) is 0 Å². The van der Waals surface area contributed by atoms with Gasteiger partial charge in [-0.05, 0) is 20.3 Å². The van der Waals surface area contributed by atoms with Gasteiger partial charge in [-0.25, -0.2) is 0 Å². The van der Waals surface area contributed by atoms with Gasteiger partial charge in [-0.1, -0.05) is 32.6 Å². The first-order valence-corrected chi connectivity index (χ1v) is 5.31.